The Labute approximate surface area is 128 Å². The molecule has 2 aromatic rings. The molecule has 0 aliphatic carbocycles. The van der Waals surface area contributed by atoms with E-state index in [1.807, 2.05) is 60.7 Å². The number of para-hydroxylation sites is 2. The minimum atomic E-state index is 0.313. The largest absolute Gasteiger partial charge is 0.486 e. The second-order valence-corrected chi connectivity index (χ2v) is 4.54. The molecule has 0 fully saturated rings. The average molecular weight is 296 g/mol. The average Bonchev–Trinajstić information content (AvgIpc) is 2.61. The first-order valence-corrected chi connectivity index (χ1v) is 6.91. The van der Waals surface area contributed by atoms with Gasteiger partial charge in [0.2, 0.25) is 0 Å². The van der Waals surface area contributed by atoms with Crippen molar-refractivity contribution in [2.24, 2.45) is 10.2 Å². The molecule has 6 heteroatoms. The lowest BCUT2D eigenvalue weighted by Gasteiger charge is -2.15. The van der Waals surface area contributed by atoms with Crippen LogP contribution in [-0.4, -0.2) is 24.9 Å². The lowest BCUT2D eigenvalue weighted by Crippen LogP contribution is -2.39. The van der Waals surface area contributed by atoms with Crippen molar-refractivity contribution in [3.63, 3.8) is 0 Å². The summed E-state index contributed by atoms with van der Waals surface area (Å²) in [6.45, 7) is 0.626. The van der Waals surface area contributed by atoms with E-state index in [0.29, 0.717) is 24.9 Å². The third kappa shape index (κ3) is 3.99. The van der Waals surface area contributed by atoms with E-state index in [2.05, 4.69) is 21.1 Å². The molecule has 6 nitrogen and oxygen atoms in total. The van der Waals surface area contributed by atoms with E-state index in [4.69, 9.17) is 9.47 Å². The Balaban J connectivity index is 1.43. The second-order valence-electron chi connectivity index (χ2n) is 4.54. The minimum Gasteiger partial charge on any atom is -0.486 e. The van der Waals surface area contributed by atoms with E-state index < -0.39 is 0 Å². The van der Waals surface area contributed by atoms with Crippen LogP contribution in [0.25, 0.3) is 0 Å². The van der Waals surface area contributed by atoms with Gasteiger partial charge in [0.05, 0.1) is 0 Å². The molecule has 0 bridgehead atoms. The lowest BCUT2D eigenvalue weighted by molar-refractivity contribution is 0.364. The van der Waals surface area contributed by atoms with Gasteiger partial charge in [-0.1, -0.05) is 36.4 Å². The molecule has 1 heterocycles. The van der Waals surface area contributed by atoms with Crippen LogP contribution in [0.15, 0.2) is 70.9 Å². The lowest BCUT2D eigenvalue weighted by atomic mass is 10.3. The van der Waals surface area contributed by atoms with Gasteiger partial charge < -0.3 is 9.47 Å². The van der Waals surface area contributed by atoms with E-state index in [1.54, 1.807) is 0 Å². The summed E-state index contributed by atoms with van der Waals surface area (Å²) in [5.41, 5.74) is 5.69. The van der Waals surface area contributed by atoms with E-state index in [-0.39, 0.29) is 0 Å². The van der Waals surface area contributed by atoms with E-state index in [0.717, 1.165) is 11.5 Å². The second kappa shape index (κ2) is 7.12. The van der Waals surface area contributed by atoms with Crippen LogP contribution in [0.1, 0.15) is 0 Å². The fraction of sp³-hybridized carbons (Fsp3) is 0.125. The Morgan fingerprint density at radius 3 is 1.41 bits per heavy atom. The van der Waals surface area contributed by atoms with Gasteiger partial charge in [-0.2, -0.15) is 10.2 Å². The molecule has 0 aromatic heterocycles. The molecular formula is C16H16N4O2. The van der Waals surface area contributed by atoms with E-state index in [9.17, 15) is 0 Å². The van der Waals surface area contributed by atoms with Gasteiger partial charge in [-0.05, 0) is 24.3 Å². The zero-order chi connectivity index (χ0) is 15.0. The number of benzene rings is 2. The summed E-state index contributed by atoms with van der Waals surface area (Å²) in [7, 11) is 0. The number of amidine groups is 2. The predicted octanol–water partition coefficient (Wildman–Crippen LogP) is 1.96. The van der Waals surface area contributed by atoms with Crippen molar-refractivity contribution >= 4 is 11.7 Å². The molecular weight excluding hydrogens is 280 g/mol. The molecule has 0 unspecified atom stereocenters. The molecule has 22 heavy (non-hydrogen) atoms. The van der Waals surface area contributed by atoms with Crippen LogP contribution in [-0.2, 0) is 0 Å². The molecule has 0 atom stereocenters. The van der Waals surface area contributed by atoms with Crippen molar-refractivity contribution < 1.29 is 9.47 Å². The fourth-order valence-electron chi connectivity index (χ4n) is 1.78. The highest BCUT2D eigenvalue weighted by Crippen LogP contribution is 2.09. The van der Waals surface area contributed by atoms with Gasteiger partial charge in [0.25, 0.3) is 0 Å². The van der Waals surface area contributed by atoms with Crippen LogP contribution >= 0.6 is 0 Å². The quantitative estimate of drug-likeness (QED) is 0.855. The molecule has 1 aliphatic rings. The number of ether oxygens (including phenoxy) is 2. The first kappa shape index (κ1) is 13.9. The maximum absolute atomic E-state index is 5.58. The van der Waals surface area contributed by atoms with Crippen molar-refractivity contribution in [3.05, 3.63) is 60.7 Å². The van der Waals surface area contributed by atoms with E-state index >= 15 is 0 Å². The summed E-state index contributed by atoms with van der Waals surface area (Å²) >= 11 is 0. The first-order valence-electron chi connectivity index (χ1n) is 6.91. The molecule has 3 rings (SSSR count). The molecule has 112 valence electrons. The molecule has 2 aromatic carbocycles. The van der Waals surface area contributed by atoms with Crippen LogP contribution in [0.4, 0.5) is 0 Å². The molecule has 0 saturated carbocycles. The van der Waals surface area contributed by atoms with Crippen molar-refractivity contribution in [1.29, 1.82) is 0 Å². The van der Waals surface area contributed by atoms with Gasteiger partial charge in [0, 0.05) is 0 Å². The maximum Gasteiger partial charge on any atom is 0.180 e. The Bertz CT molecular complexity index is 597. The summed E-state index contributed by atoms with van der Waals surface area (Å²) in [6, 6.07) is 19.1. The maximum atomic E-state index is 5.58. The first-order chi connectivity index (χ1) is 10.9. The Kier molecular flexibility index (Phi) is 4.51. The summed E-state index contributed by atoms with van der Waals surface area (Å²) in [5.74, 6) is 2.78. The molecule has 0 saturated heterocycles. The summed E-state index contributed by atoms with van der Waals surface area (Å²) < 4.78 is 11.2. The zero-order valence-corrected chi connectivity index (χ0v) is 11.9. The Morgan fingerprint density at radius 1 is 0.636 bits per heavy atom. The van der Waals surface area contributed by atoms with Gasteiger partial charge in [-0.25, -0.2) is 0 Å². The highest BCUT2D eigenvalue weighted by atomic mass is 16.5. The number of nitrogens with one attached hydrogen (secondary N) is 2. The van der Waals surface area contributed by atoms with Crippen molar-refractivity contribution in [1.82, 2.24) is 10.9 Å². The predicted molar refractivity (Wildman–Crippen MR) is 85.0 cm³/mol. The molecule has 0 radical (unpaired) electrons. The molecule has 1 aliphatic heterocycles. The SMILES string of the molecule is c1ccc(OCC2=NNC(COc3ccccc3)=NN2)cc1. The standard InChI is InChI=1S/C16H16N4O2/c1-3-7-13(8-4-1)21-11-15-17-19-16(20-18-15)12-22-14-9-5-2-6-10-14/h1-10H,11-12H2,(H,17,18)(H,19,20). The van der Waals surface area contributed by atoms with Gasteiger partial charge in [-0.3, -0.25) is 10.9 Å². The molecule has 2 N–H and O–H groups in total. The van der Waals surface area contributed by atoms with Gasteiger partial charge >= 0.3 is 0 Å². The van der Waals surface area contributed by atoms with Crippen molar-refractivity contribution in [2.45, 2.75) is 0 Å². The monoisotopic (exact) mass is 296 g/mol. The number of rotatable bonds is 6. The number of hydrogen-bond donors (Lipinski definition) is 2. The van der Waals surface area contributed by atoms with E-state index in [1.165, 1.54) is 0 Å². The summed E-state index contributed by atoms with van der Waals surface area (Å²) in [5, 5.41) is 8.32. The van der Waals surface area contributed by atoms with Crippen LogP contribution in [0, 0.1) is 0 Å². The highest BCUT2D eigenvalue weighted by molar-refractivity contribution is 5.92. The fourth-order valence-corrected chi connectivity index (χ4v) is 1.78. The summed E-state index contributed by atoms with van der Waals surface area (Å²) in [4.78, 5) is 0. The smallest absolute Gasteiger partial charge is 0.180 e. The van der Waals surface area contributed by atoms with Crippen molar-refractivity contribution in [3.8, 4) is 11.5 Å². The highest BCUT2D eigenvalue weighted by Gasteiger charge is 2.09. The number of nitrogens with zero attached hydrogens (tertiary/aromatic N) is 2. The molecule has 0 amide bonds. The Hall–Kier alpha value is -3.02. The van der Waals surface area contributed by atoms with Crippen LogP contribution in [0.2, 0.25) is 0 Å². The topological polar surface area (TPSA) is 67.2 Å². The third-order valence-corrected chi connectivity index (χ3v) is 2.88. The zero-order valence-electron chi connectivity index (χ0n) is 11.9. The number of hydrazone groups is 2. The van der Waals surface area contributed by atoms with Gasteiger partial charge in [0.15, 0.2) is 11.7 Å². The van der Waals surface area contributed by atoms with Crippen LogP contribution in [0.3, 0.4) is 0 Å². The third-order valence-electron chi connectivity index (χ3n) is 2.88. The van der Waals surface area contributed by atoms with Crippen molar-refractivity contribution in [2.75, 3.05) is 13.2 Å². The Morgan fingerprint density at radius 2 is 1.05 bits per heavy atom. The number of hydrogen-bond acceptors (Lipinski definition) is 6. The van der Waals surface area contributed by atoms with Crippen LogP contribution in [0.5, 0.6) is 11.5 Å². The molecule has 0 spiro atoms. The van der Waals surface area contributed by atoms with Gasteiger partial charge in [0.1, 0.15) is 24.7 Å². The normalized spacial score (nSPS) is 13.3. The summed E-state index contributed by atoms with van der Waals surface area (Å²) in [6.07, 6.45) is 0. The van der Waals surface area contributed by atoms with Crippen LogP contribution < -0.4 is 20.3 Å². The van der Waals surface area contributed by atoms with Gasteiger partial charge in [-0.15, -0.1) is 0 Å². The minimum absolute atomic E-state index is 0.313.